The van der Waals surface area contributed by atoms with Crippen LogP contribution in [0.5, 0.6) is 0 Å². The standard InChI is InChI=1S/C9H7NO2S/c1-13-6-4-2-3-5-7(6)8(11)9(12)10-5/h2-4H,1H3,(H,10,11,12). The normalized spacial score (nSPS) is 14.2. The Hall–Kier alpha value is -1.29. The molecule has 0 aromatic heterocycles. The summed E-state index contributed by atoms with van der Waals surface area (Å²) in [7, 11) is 0. The van der Waals surface area contributed by atoms with E-state index in [0.717, 1.165) is 4.90 Å². The van der Waals surface area contributed by atoms with Crippen LogP contribution >= 0.6 is 11.8 Å². The number of carbonyl (C=O) groups excluding carboxylic acids is 2. The van der Waals surface area contributed by atoms with E-state index in [4.69, 9.17) is 0 Å². The first-order chi connectivity index (χ1) is 6.24. The van der Waals surface area contributed by atoms with E-state index in [1.807, 2.05) is 18.4 Å². The van der Waals surface area contributed by atoms with E-state index in [1.54, 1.807) is 6.07 Å². The Morgan fingerprint density at radius 3 is 2.77 bits per heavy atom. The van der Waals surface area contributed by atoms with Crippen LogP contribution in [0.25, 0.3) is 0 Å². The molecule has 1 amide bonds. The number of anilines is 1. The van der Waals surface area contributed by atoms with Gasteiger partial charge in [0, 0.05) is 4.90 Å². The molecule has 0 bridgehead atoms. The lowest BCUT2D eigenvalue weighted by Gasteiger charge is -2.00. The predicted octanol–water partition coefficient (Wildman–Crippen LogP) is 1.54. The lowest BCUT2D eigenvalue weighted by Crippen LogP contribution is -2.12. The third kappa shape index (κ3) is 1.14. The Bertz CT molecular complexity index is 401. The van der Waals surface area contributed by atoms with Gasteiger partial charge in [-0.2, -0.15) is 0 Å². The number of nitrogens with one attached hydrogen (secondary N) is 1. The highest BCUT2D eigenvalue weighted by Crippen LogP contribution is 2.31. The molecule has 2 rings (SSSR count). The Kier molecular flexibility index (Phi) is 1.84. The molecule has 0 unspecified atom stereocenters. The van der Waals surface area contributed by atoms with Crippen LogP contribution in [0.4, 0.5) is 5.69 Å². The van der Waals surface area contributed by atoms with Gasteiger partial charge in [0.1, 0.15) is 0 Å². The second-order valence-electron chi connectivity index (χ2n) is 2.67. The Labute approximate surface area is 79.5 Å². The summed E-state index contributed by atoms with van der Waals surface area (Å²) in [4.78, 5) is 23.2. The van der Waals surface area contributed by atoms with Crippen molar-refractivity contribution in [3.8, 4) is 0 Å². The first-order valence-electron chi connectivity index (χ1n) is 3.76. The van der Waals surface area contributed by atoms with E-state index in [1.165, 1.54) is 11.8 Å². The largest absolute Gasteiger partial charge is 0.318 e. The van der Waals surface area contributed by atoms with Crippen molar-refractivity contribution in [1.29, 1.82) is 0 Å². The molecule has 0 atom stereocenters. The molecule has 1 aromatic rings. The summed E-state index contributed by atoms with van der Waals surface area (Å²) in [5.74, 6) is -0.962. The van der Waals surface area contributed by atoms with Gasteiger partial charge in [0.2, 0.25) is 0 Å². The number of benzene rings is 1. The molecule has 4 heteroatoms. The predicted molar refractivity (Wildman–Crippen MR) is 51.2 cm³/mol. The van der Waals surface area contributed by atoms with Gasteiger partial charge in [-0.25, -0.2) is 0 Å². The average Bonchev–Trinajstić information content (AvgIpc) is 2.43. The van der Waals surface area contributed by atoms with E-state index < -0.39 is 11.7 Å². The molecule has 0 fully saturated rings. The zero-order valence-electron chi connectivity index (χ0n) is 6.96. The molecule has 0 saturated heterocycles. The molecule has 0 radical (unpaired) electrons. The van der Waals surface area contributed by atoms with E-state index in [9.17, 15) is 9.59 Å². The van der Waals surface area contributed by atoms with Crippen LogP contribution in [0.15, 0.2) is 23.1 Å². The topological polar surface area (TPSA) is 46.2 Å². The van der Waals surface area contributed by atoms with Crippen LogP contribution in [0, 0.1) is 0 Å². The molecule has 1 N–H and O–H groups in total. The summed E-state index contributed by atoms with van der Waals surface area (Å²) in [6, 6.07) is 5.39. The van der Waals surface area contributed by atoms with Gasteiger partial charge in [0.25, 0.3) is 11.7 Å². The maximum absolute atomic E-state index is 11.4. The second kappa shape index (κ2) is 2.88. The SMILES string of the molecule is CSc1cccc2c1C(=O)C(=O)N2. The third-order valence-electron chi connectivity index (χ3n) is 1.93. The van der Waals surface area contributed by atoms with Gasteiger partial charge in [-0.05, 0) is 18.4 Å². The van der Waals surface area contributed by atoms with Crippen molar-refractivity contribution in [2.75, 3.05) is 11.6 Å². The highest BCUT2D eigenvalue weighted by atomic mass is 32.2. The Morgan fingerprint density at radius 2 is 2.08 bits per heavy atom. The number of carbonyl (C=O) groups is 2. The minimum absolute atomic E-state index is 0.431. The molecular formula is C9H7NO2S. The third-order valence-corrected chi connectivity index (χ3v) is 2.71. The van der Waals surface area contributed by atoms with Gasteiger partial charge in [-0.3, -0.25) is 9.59 Å². The van der Waals surface area contributed by atoms with Crippen molar-refractivity contribution in [3.05, 3.63) is 23.8 Å². The second-order valence-corrected chi connectivity index (χ2v) is 3.51. The maximum atomic E-state index is 11.4. The smallest absolute Gasteiger partial charge is 0.296 e. The number of fused-ring (bicyclic) bond motifs is 1. The zero-order chi connectivity index (χ0) is 9.42. The van der Waals surface area contributed by atoms with Crippen molar-refractivity contribution in [1.82, 2.24) is 0 Å². The number of thioether (sulfide) groups is 1. The van der Waals surface area contributed by atoms with E-state index in [-0.39, 0.29) is 0 Å². The van der Waals surface area contributed by atoms with Crippen molar-refractivity contribution in [2.45, 2.75) is 4.90 Å². The van der Waals surface area contributed by atoms with Gasteiger partial charge < -0.3 is 5.32 Å². The van der Waals surface area contributed by atoms with Crippen molar-refractivity contribution < 1.29 is 9.59 Å². The molecule has 66 valence electrons. The van der Waals surface area contributed by atoms with E-state index >= 15 is 0 Å². The number of hydrogen-bond donors (Lipinski definition) is 1. The molecule has 3 nitrogen and oxygen atoms in total. The van der Waals surface area contributed by atoms with E-state index in [0.29, 0.717) is 11.3 Å². The summed E-state index contributed by atoms with van der Waals surface area (Å²) >= 11 is 1.47. The van der Waals surface area contributed by atoms with Crippen LogP contribution in [0.2, 0.25) is 0 Å². The summed E-state index contributed by atoms with van der Waals surface area (Å²) < 4.78 is 0. The number of hydrogen-bond acceptors (Lipinski definition) is 3. The Balaban J connectivity index is 2.64. The molecule has 1 aliphatic heterocycles. The summed E-state index contributed by atoms with van der Waals surface area (Å²) in [6.45, 7) is 0. The average molecular weight is 193 g/mol. The van der Waals surface area contributed by atoms with Crippen LogP contribution in [-0.2, 0) is 4.79 Å². The summed E-state index contributed by atoms with van der Waals surface area (Å²) in [5, 5.41) is 2.52. The molecule has 13 heavy (non-hydrogen) atoms. The monoisotopic (exact) mass is 193 g/mol. The highest BCUT2D eigenvalue weighted by molar-refractivity contribution is 7.98. The van der Waals surface area contributed by atoms with Crippen LogP contribution < -0.4 is 5.32 Å². The minimum Gasteiger partial charge on any atom is -0.318 e. The summed E-state index contributed by atoms with van der Waals surface area (Å²) in [6.07, 6.45) is 1.88. The molecular weight excluding hydrogens is 186 g/mol. The minimum atomic E-state index is -0.531. The number of amides is 1. The molecule has 0 spiro atoms. The molecule has 0 aliphatic carbocycles. The lowest BCUT2D eigenvalue weighted by molar-refractivity contribution is -0.112. The Morgan fingerprint density at radius 1 is 1.31 bits per heavy atom. The molecule has 1 aliphatic rings. The van der Waals surface area contributed by atoms with Gasteiger partial charge in [0.15, 0.2) is 0 Å². The first kappa shape index (κ1) is 8.31. The van der Waals surface area contributed by atoms with Gasteiger partial charge in [-0.15, -0.1) is 11.8 Å². The lowest BCUT2D eigenvalue weighted by atomic mass is 10.1. The van der Waals surface area contributed by atoms with Crippen molar-refractivity contribution >= 4 is 29.1 Å². The zero-order valence-corrected chi connectivity index (χ0v) is 7.77. The first-order valence-corrected chi connectivity index (χ1v) is 4.99. The number of rotatable bonds is 1. The fraction of sp³-hybridized carbons (Fsp3) is 0.111. The van der Waals surface area contributed by atoms with Crippen molar-refractivity contribution in [3.63, 3.8) is 0 Å². The quantitative estimate of drug-likeness (QED) is 0.543. The van der Waals surface area contributed by atoms with Crippen LogP contribution in [0.1, 0.15) is 10.4 Å². The summed E-state index contributed by atoms with van der Waals surface area (Å²) in [5.41, 5.74) is 1.14. The highest BCUT2D eigenvalue weighted by Gasteiger charge is 2.29. The fourth-order valence-electron chi connectivity index (χ4n) is 1.33. The van der Waals surface area contributed by atoms with Crippen LogP contribution in [-0.4, -0.2) is 17.9 Å². The maximum Gasteiger partial charge on any atom is 0.296 e. The number of ketones is 1. The van der Waals surface area contributed by atoms with E-state index in [2.05, 4.69) is 5.32 Å². The number of Topliss-reactive ketones (excluding diaryl/α,β-unsaturated/α-hetero) is 1. The van der Waals surface area contributed by atoms with Crippen molar-refractivity contribution in [2.24, 2.45) is 0 Å². The molecule has 1 aromatic carbocycles. The molecule has 1 heterocycles. The molecule has 0 saturated carbocycles. The van der Waals surface area contributed by atoms with Gasteiger partial charge in [-0.1, -0.05) is 6.07 Å². The van der Waals surface area contributed by atoms with Gasteiger partial charge >= 0.3 is 0 Å². The van der Waals surface area contributed by atoms with Crippen LogP contribution in [0.3, 0.4) is 0 Å². The fourth-order valence-corrected chi connectivity index (χ4v) is 1.95. The van der Waals surface area contributed by atoms with Gasteiger partial charge in [0.05, 0.1) is 11.3 Å².